The highest BCUT2D eigenvalue weighted by molar-refractivity contribution is 5.94. The molecular formula is C20H26N4O2. The average molecular weight is 354 g/mol. The van der Waals surface area contributed by atoms with Crippen molar-refractivity contribution in [3.8, 4) is 6.07 Å². The van der Waals surface area contributed by atoms with Crippen LogP contribution in [-0.2, 0) is 4.79 Å². The van der Waals surface area contributed by atoms with Crippen LogP contribution in [0.4, 0.5) is 10.5 Å². The molecular weight excluding hydrogens is 328 g/mol. The maximum Gasteiger partial charge on any atom is 0.317 e. The van der Waals surface area contributed by atoms with Crippen molar-refractivity contribution in [1.82, 2.24) is 10.2 Å². The summed E-state index contributed by atoms with van der Waals surface area (Å²) < 4.78 is 0. The normalized spacial score (nSPS) is 18.8. The largest absolute Gasteiger partial charge is 0.335 e. The van der Waals surface area contributed by atoms with Crippen molar-refractivity contribution in [2.75, 3.05) is 18.4 Å². The smallest absolute Gasteiger partial charge is 0.317 e. The molecule has 1 aliphatic heterocycles. The second kappa shape index (κ2) is 8.70. The molecule has 1 aromatic carbocycles. The lowest BCUT2D eigenvalue weighted by molar-refractivity contribution is -0.121. The molecule has 3 rings (SSSR count). The molecule has 1 aliphatic carbocycles. The number of hydrogen-bond acceptors (Lipinski definition) is 3. The van der Waals surface area contributed by atoms with Gasteiger partial charge in [-0.2, -0.15) is 5.26 Å². The first-order valence-corrected chi connectivity index (χ1v) is 9.53. The summed E-state index contributed by atoms with van der Waals surface area (Å²) in [6, 6.07) is 9.40. The Bertz CT molecular complexity index is 683. The summed E-state index contributed by atoms with van der Waals surface area (Å²) in [6.07, 6.45) is 7.10. The molecule has 0 radical (unpaired) electrons. The summed E-state index contributed by atoms with van der Waals surface area (Å²) in [5, 5.41) is 15.1. The number of benzene rings is 1. The van der Waals surface area contributed by atoms with Gasteiger partial charge in [-0.05, 0) is 37.8 Å². The van der Waals surface area contributed by atoms with E-state index in [2.05, 4.69) is 16.7 Å². The van der Waals surface area contributed by atoms with Crippen LogP contribution in [0.25, 0.3) is 0 Å². The SMILES string of the molecule is N#Cc1ccccc1NC(=O)C1CCN(C(=O)NC2CCCCC2)CC1. The predicted molar refractivity (Wildman–Crippen MR) is 99.5 cm³/mol. The molecule has 1 saturated heterocycles. The van der Waals surface area contributed by atoms with Crippen LogP contribution >= 0.6 is 0 Å². The lowest BCUT2D eigenvalue weighted by atomic mass is 9.95. The summed E-state index contributed by atoms with van der Waals surface area (Å²) in [5.74, 6) is -0.194. The molecule has 0 bridgehead atoms. The molecule has 1 heterocycles. The molecule has 6 nitrogen and oxygen atoms in total. The van der Waals surface area contributed by atoms with E-state index in [9.17, 15) is 9.59 Å². The van der Waals surface area contributed by atoms with Crippen LogP contribution in [0, 0.1) is 17.2 Å². The van der Waals surface area contributed by atoms with Gasteiger partial charge in [0.05, 0.1) is 11.3 Å². The van der Waals surface area contributed by atoms with Crippen LogP contribution in [0.15, 0.2) is 24.3 Å². The van der Waals surface area contributed by atoms with Crippen molar-refractivity contribution in [3.05, 3.63) is 29.8 Å². The van der Waals surface area contributed by atoms with Gasteiger partial charge in [0.2, 0.25) is 5.91 Å². The number of likely N-dealkylation sites (tertiary alicyclic amines) is 1. The Labute approximate surface area is 154 Å². The monoisotopic (exact) mass is 354 g/mol. The number of para-hydroxylation sites is 1. The number of rotatable bonds is 3. The molecule has 1 saturated carbocycles. The molecule has 0 unspecified atom stereocenters. The van der Waals surface area contributed by atoms with Gasteiger partial charge < -0.3 is 15.5 Å². The molecule has 0 spiro atoms. The number of nitrogens with zero attached hydrogens (tertiary/aromatic N) is 2. The van der Waals surface area contributed by atoms with E-state index in [1.54, 1.807) is 24.3 Å². The molecule has 1 aromatic rings. The number of amides is 3. The van der Waals surface area contributed by atoms with Gasteiger partial charge in [0.1, 0.15) is 6.07 Å². The van der Waals surface area contributed by atoms with Crippen LogP contribution in [0.2, 0.25) is 0 Å². The number of nitriles is 1. The fourth-order valence-electron chi connectivity index (χ4n) is 3.78. The van der Waals surface area contributed by atoms with E-state index in [4.69, 9.17) is 5.26 Å². The first-order valence-electron chi connectivity index (χ1n) is 9.53. The van der Waals surface area contributed by atoms with Gasteiger partial charge in [0, 0.05) is 25.0 Å². The lowest BCUT2D eigenvalue weighted by Crippen LogP contribution is -2.49. The highest BCUT2D eigenvalue weighted by Crippen LogP contribution is 2.22. The van der Waals surface area contributed by atoms with Crippen LogP contribution < -0.4 is 10.6 Å². The third-order valence-electron chi connectivity index (χ3n) is 5.39. The summed E-state index contributed by atoms with van der Waals surface area (Å²) in [6.45, 7) is 1.19. The van der Waals surface area contributed by atoms with Gasteiger partial charge >= 0.3 is 6.03 Å². The van der Waals surface area contributed by atoms with Crippen molar-refractivity contribution >= 4 is 17.6 Å². The lowest BCUT2D eigenvalue weighted by Gasteiger charge is -2.33. The molecule has 2 aliphatic rings. The van der Waals surface area contributed by atoms with E-state index in [0.29, 0.717) is 43.2 Å². The Morgan fingerprint density at radius 2 is 1.73 bits per heavy atom. The first-order chi connectivity index (χ1) is 12.7. The van der Waals surface area contributed by atoms with Gasteiger partial charge in [-0.1, -0.05) is 31.4 Å². The number of carbonyl (C=O) groups is 2. The predicted octanol–water partition coefficient (Wildman–Crippen LogP) is 3.25. The molecule has 26 heavy (non-hydrogen) atoms. The number of urea groups is 1. The summed E-state index contributed by atoms with van der Waals surface area (Å²) in [7, 11) is 0. The third kappa shape index (κ3) is 4.54. The van der Waals surface area contributed by atoms with E-state index in [1.165, 1.54) is 19.3 Å². The van der Waals surface area contributed by atoms with E-state index in [1.807, 2.05) is 4.90 Å². The molecule has 138 valence electrons. The van der Waals surface area contributed by atoms with E-state index >= 15 is 0 Å². The van der Waals surface area contributed by atoms with Gasteiger partial charge in [-0.3, -0.25) is 4.79 Å². The highest BCUT2D eigenvalue weighted by Gasteiger charge is 2.28. The van der Waals surface area contributed by atoms with Crippen molar-refractivity contribution < 1.29 is 9.59 Å². The minimum atomic E-state index is -0.125. The molecule has 2 N–H and O–H groups in total. The van der Waals surface area contributed by atoms with Crippen LogP contribution in [-0.4, -0.2) is 36.0 Å². The average Bonchev–Trinajstić information content (AvgIpc) is 2.69. The van der Waals surface area contributed by atoms with E-state index in [0.717, 1.165) is 12.8 Å². The Morgan fingerprint density at radius 1 is 1.04 bits per heavy atom. The molecule has 0 atom stereocenters. The minimum Gasteiger partial charge on any atom is -0.335 e. The van der Waals surface area contributed by atoms with Gasteiger partial charge in [0.25, 0.3) is 0 Å². The number of hydrogen-bond donors (Lipinski definition) is 2. The van der Waals surface area contributed by atoms with Gasteiger partial charge in [-0.15, -0.1) is 0 Å². The van der Waals surface area contributed by atoms with Crippen molar-refractivity contribution in [2.45, 2.75) is 51.0 Å². The van der Waals surface area contributed by atoms with Crippen molar-refractivity contribution in [3.63, 3.8) is 0 Å². The molecule has 0 aromatic heterocycles. The number of nitrogens with one attached hydrogen (secondary N) is 2. The molecule has 3 amide bonds. The van der Waals surface area contributed by atoms with Gasteiger partial charge in [0.15, 0.2) is 0 Å². The second-order valence-corrected chi connectivity index (χ2v) is 7.19. The minimum absolute atomic E-state index is 0.00517. The van der Waals surface area contributed by atoms with Crippen LogP contribution in [0.5, 0.6) is 0 Å². The Morgan fingerprint density at radius 3 is 2.42 bits per heavy atom. The number of anilines is 1. The van der Waals surface area contributed by atoms with Crippen molar-refractivity contribution in [1.29, 1.82) is 5.26 Å². The first kappa shape index (κ1) is 18.2. The number of piperidine rings is 1. The second-order valence-electron chi connectivity index (χ2n) is 7.19. The standard InChI is InChI=1S/C20H26N4O2/c21-14-16-6-4-5-9-18(16)23-19(25)15-10-12-24(13-11-15)20(26)22-17-7-2-1-3-8-17/h4-6,9,15,17H,1-3,7-8,10-13H2,(H,22,26)(H,23,25). The quantitative estimate of drug-likeness (QED) is 0.874. The summed E-state index contributed by atoms with van der Waals surface area (Å²) in [5.41, 5.74) is 1.02. The summed E-state index contributed by atoms with van der Waals surface area (Å²) >= 11 is 0. The fraction of sp³-hybridized carbons (Fsp3) is 0.550. The zero-order valence-corrected chi connectivity index (χ0v) is 15.0. The maximum atomic E-state index is 12.5. The Hall–Kier alpha value is -2.55. The zero-order valence-electron chi connectivity index (χ0n) is 15.0. The van der Waals surface area contributed by atoms with Gasteiger partial charge in [-0.25, -0.2) is 4.79 Å². The third-order valence-corrected chi connectivity index (χ3v) is 5.39. The topological polar surface area (TPSA) is 85.2 Å². The summed E-state index contributed by atoms with van der Waals surface area (Å²) in [4.78, 5) is 26.7. The number of carbonyl (C=O) groups excluding carboxylic acids is 2. The molecule has 2 fully saturated rings. The highest BCUT2D eigenvalue weighted by atomic mass is 16.2. The zero-order chi connectivity index (χ0) is 18.4. The Kier molecular flexibility index (Phi) is 6.11. The van der Waals surface area contributed by atoms with E-state index < -0.39 is 0 Å². The van der Waals surface area contributed by atoms with Crippen molar-refractivity contribution in [2.24, 2.45) is 5.92 Å². The van der Waals surface area contributed by atoms with Crippen LogP contribution in [0.1, 0.15) is 50.5 Å². The van der Waals surface area contributed by atoms with E-state index in [-0.39, 0.29) is 17.9 Å². The Balaban J connectivity index is 1.47. The fourth-order valence-corrected chi connectivity index (χ4v) is 3.78. The van der Waals surface area contributed by atoms with Crippen LogP contribution in [0.3, 0.4) is 0 Å². The molecule has 6 heteroatoms. The maximum absolute atomic E-state index is 12.5.